The van der Waals surface area contributed by atoms with Gasteiger partial charge in [-0.1, -0.05) is 0 Å². The Kier molecular flexibility index (Phi) is 4.42. The molecule has 0 aliphatic heterocycles. The molecule has 1 N–H and O–H groups in total. The highest BCUT2D eigenvalue weighted by Gasteiger charge is 2.16. The minimum Gasteiger partial charge on any atom is -0.491 e. The predicted molar refractivity (Wildman–Crippen MR) is 77.2 cm³/mol. The lowest BCUT2D eigenvalue weighted by Crippen LogP contribution is -2.14. The Bertz CT molecular complexity index is 715. The smallest absolute Gasteiger partial charge is 0.261 e. The van der Waals surface area contributed by atoms with Crippen molar-refractivity contribution in [2.45, 2.75) is 24.8 Å². The third-order valence-corrected chi connectivity index (χ3v) is 3.90. The fourth-order valence-electron chi connectivity index (χ4n) is 1.63. The molecule has 0 saturated carbocycles. The summed E-state index contributed by atoms with van der Waals surface area (Å²) in [5, 5.41) is 0. The molecule has 7 heteroatoms. The minimum absolute atomic E-state index is 0.00324. The zero-order valence-electron chi connectivity index (χ0n) is 11.6. The number of halogens is 1. The Morgan fingerprint density at radius 2 is 1.86 bits per heavy atom. The normalized spacial score (nSPS) is 11.4. The lowest BCUT2D eigenvalue weighted by Gasteiger charge is -2.11. The molecule has 5 nitrogen and oxygen atoms in total. The van der Waals surface area contributed by atoms with Crippen LogP contribution in [0.1, 0.15) is 13.8 Å². The third kappa shape index (κ3) is 3.91. The van der Waals surface area contributed by atoms with Gasteiger partial charge in [0, 0.05) is 6.20 Å². The largest absolute Gasteiger partial charge is 0.491 e. The maximum Gasteiger partial charge on any atom is 0.261 e. The number of anilines is 1. The van der Waals surface area contributed by atoms with E-state index in [1.54, 1.807) is 12.1 Å². The summed E-state index contributed by atoms with van der Waals surface area (Å²) in [4.78, 5) is 3.58. The lowest BCUT2D eigenvalue weighted by atomic mass is 10.3. The molecule has 0 atom stereocenters. The van der Waals surface area contributed by atoms with Crippen molar-refractivity contribution in [3.63, 3.8) is 0 Å². The van der Waals surface area contributed by atoms with Crippen LogP contribution in [0.2, 0.25) is 0 Å². The first kappa shape index (κ1) is 15.2. The number of nitrogens with zero attached hydrogens (tertiary/aromatic N) is 1. The Labute approximate surface area is 122 Å². The first-order chi connectivity index (χ1) is 9.88. The topological polar surface area (TPSA) is 68.3 Å². The predicted octanol–water partition coefficient (Wildman–Crippen LogP) is 2.81. The Hall–Kier alpha value is -2.15. The number of aromatic nitrogens is 1. The van der Waals surface area contributed by atoms with Gasteiger partial charge in [-0.2, -0.15) is 0 Å². The van der Waals surface area contributed by atoms with Crippen LogP contribution in [0.25, 0.3) is 0 Å². The van der Waals surface area contributed by atoms with Crippen molar-refractivity contribution in [2.75, 3.05) is 4.72 Å². The number of rotatable bonds is 5. The van der Waals surface area contributed by atoms with E-state index < -0.39 is 15.8 Å². The Morgan fingerprint density at radius 3 is 2.43 bits per heavy atom. The van der Waals surface area contributed by atoms with Crippen LogP contribution in [0.15, 0.2) is 47.6 Å². The van der Waals surface area contributed by atoms with Crippen molar-refractivity contribution >= 4 is 15.7 Å². The summed E-state index contributed by atoms with van der Waals surface area (Å²) in [6.45, 7) is 3.75. The van der Waals surface area contributed by atoms with E-state index in [2.05, 4.69) is 9.71 Å². The Balaban J connectivity index is 2.22. The molecule has 2 rings (SSSR count). The Morgan fingerprint density at radius 1 is 1.19 bits per heavy atom. The van der Waals surface area contributed by atoms with Gasteiger partial charge in [-0.15, -0.1) is 0 Å². The average Bonchev–Trinajstić information content (AvgIpc) is 2.41. The van der Waals surface area contributed by atoms with E-state index in [1.807, 2.05) is 13.8 Å². The highest BCUT2D eigenvalue weighted by molar-refractivity contribution is 7.92. The van der Waals surface area contributed by atoms with Crippen molar-refractivity contribution in [3.05, 3.63) is 48.5 Å². The molecule has 112 valence electrons. The zero-order chi connectivity index (χ0) is 15.5. The van der Waals surface area contributed by atoms with Crippen molar-refractivity contribution in [3.8, 4) is 5.75 Å². The second kappa shape index (κ2) is 6.09. The molecule has 2 aromatic rings. The van der Waals surface area contributed by atoms with Crippen LogP contribution >= 0.6 is 0 Å². The molecule has 0 spiro atoms. The van der Waals surface area contributed by atoms with Crippen LogP contribution in [0.4, 0.5) is 10.1 Å². The molecule has 0 amide bonds. The second-order valence-electron chi connectivity index (χ2n) is 4.60. The van der Waals surface area contributed by atoms with E-state index in [0.29, 0.717) is 5.75 Å². The maximum absolute atomic E-state index is 13.4. The van der Waals surface area contributed by atoms with Crippen molar-refractivity contribution < 1.29 is 17.5 Å². The number of benzene rings is 1. The van der Waals surface area contributed by atoms with E-state index in [1.165, 1.54) is 24.4 Å². The fourth-order valence-corrected chi connectivity index (χ4v) is 2.70. The van der Waals surface area contributed by atoms with Gasteiger partial charge in [-0.25, -0.2) is 12.8 Å². The molecule has 0 aliphatic carbocycles. The molecule has 1 aromatic heterocycles. The summed E-state index contributed by atoms with van der Waals surface area (Å²) < 4.78 is 45.3. The van der Waals surface area contributed by atoms with E-state index in [9.17, 15) is 12.8 Å². The van der Waals surface area contributed by atoms with Crippen molar-refractivity contribution in [1.82, 2.24) is 4.98 Å². The summed E-state index contributed by atoms with van der Waals surface area (Å²) >= 11 is 0. The number of ether oxygens (including phenoxy) is 1. The number of hydrogen-bond donors (Lipinski definition) is 1. The van der Waals surface area contributed by atoms with Crippen LogP contribution in [0, 0.1) is 5.82 Å². The van der Waals surface area contributed by atoms with Crippen molar-refractivity contribution in [2.24, 2.45) is 0 Å². The van der Waals surface area contributed by atoms with E-state index >= 15 is 0 Å². The molecular formula is C14H15FN2O3S. The van der Waals surface area contributed by atoms with Crippen LogP contribution in [0.3, 0.4) is 0 Å². The third-order valence-electron chi connectivity index (χ3n) is 2.52. The summed E-state index contributed by atoms with van der Waals surface area (Å²) in [6, 6.07) is 7.16. The maximum atomic E-state index is 13.4. The molecule has 0 saturated heterocycles. The van der Waals surface area contributed by atoms with Crippen molar-refractivity contribution in [1.29, 1.82) is 0 Å². The minimum atomic E-state index is -3.85. The van der Waals surface area contributed by atoms with Crippen LogP contribution in [-0.4, -0.2) is 19.5 Å². The van der Waals surface area contributed by atoms with Gasteiger partial charge < -0.3 is 4.74 Å². The molecule has 0 fully saturated rings. The van der Waals surface area contributed by atoms with Gasteiger partial charge in [0.2, 0.25) is 0 Å². The summed E-state index contributed by atoms with van der Waals surface area (Å²) in [6.07, 6.45) is 2.24. The molecule has 21 heavy (non-hydrogen) atoms. The first-order valence-corrected chi connectivity index (χ1v) is 7.76. The average molecular weight is 310 g/mol. The van der Waals surface area contributed by atoms with Gasteiger partial charge in [-0.05, 0) is 44.2 Å². The van der Waals surface area contributed by atoms with Crippen LogP contribution in [0.5, 0.6) is 5.75 Å². The number of sulfonamides is 1. The van der Waals surface area contributed by atoms with Gasteiger partial charge in [0.15, 0.2) is 5.82 Å². The molecule has 0 radical (unpaired) electrons. The zero-order valence-corrected chi connectivity index (χ0v) is 12.4. The molecular weight excluding hydrogens is 295 g/mol. The molecule has 0 aliphatic rings. The number of pyridine rings is 1. The standard InChI is InChI=1S/C14H15FN2O3S/c1-10(2)20-11-3-5-12(6-4-11)21(18,19)17-14-7-8-16-9-13(14)15/h3-10H,1-2H3,(H,16,17). The summed E-state index contributed by atoms with van der Waals surface area (Å²) in [5.41, 5.74) is -0.146. The SMILES string of the molecule is CC(C)Oc1ccc(S(=O)(=O)Nc2ccncc2F)cc1. The van der Waals surface area contributed by atoms with E-state index in [4.69, 9.17) is 4.74 Å². The molecule has 1 heterocycles. The monoisotopic (exact) mass is 310 g/mol. The van der Waals surface area contributed by atoms with Gasteiger partial charge in [-0.3, -0.25) is 9.71 Å². The number of nitrogens with one attached hydrogen (secondary N) is 1. The highest BCUT2D eigenvalue weighted by atomic mass is 32.2. The lowest BCUT2D eigenvalue weighted by molar-refractivity contribution is 0.242. The summed E-state index contributed by atoms with van der Waals surface area (Å²) in [7, 11) is -3.85. The van der Waals surface area contributed by atoms with Crippen LogP contribution < -0.4 is 9.46 Å². The quantitative estimate of drug-likeness (QED) is 0.922. The van der Waals surface area contributed by atoms with Gasteiger partial charge in [0.1, 0.15) is 5.75 Å². The molecule has 0 unspecified atom stereocenters. The van der Waals surface area contributed by atoms with E-state index in [-0.39, 0.29) is 16.7 Å². The van der Waals surface area contributed by atoms with E-state index in [0.717, 1.165) is 6.20 Å². The summed E-state index contributed by atoms with van der Waals surface area (Å²) in [5.74, 6) is -0.167. The first-order valence-electron chi connectivity index (χ1n) is 6.27. The van der Waals surface area contributed by atoms with Gasteiger partial charge in [0.05, 0.1) is 22.9 Å². The second-order valence-corrected chi connectivity index (χ2v) is 6.28. The fraction of sp³-hybridized carbons (Fsp3) is 0.214. The molecule has 1 aromatic carbocycles. The van der Waals surface area contributed by atoms with Gasteiger partial charge >= 0.3 is 0 Å². The highest BCUT2D eigenvalue weighted by Crippen LogP contribution is 2.21. The van der Waals surface area contributed by atoms with Crippen LogP contribution in [-0.2, 0) is 10.0 Å². The number of hydrogen-bond acceptors (Lipinski definition) is 4. The van der Waals surface area contributed by atoms with Gasteiger partial charge in [0.25, 0.3) is 10.0 Å². The molecule has 0 bridgehead atoms.